The maximum atomic E-state index is 12.0. The second-order valence-electron chi connectivity index (χ2n) is 5.12. The van der Waals surface area contributed by atoms with E-state index in [2.05, 4.69) is 4.90 Å². The Morgan fingerprint density at radius 1 is 1.05 bits per heavy atom. The van der Waals surface area contributed by atoms with E-state index in [9.17, 15) is 9.59 Å². The molecule has 22 heavy (non-hydrogen) atoms. The topological polar surface area (TPSA) is 69.9 Å². The molecule has 1 aliphatic rings. The summed E-state index contributed by atoms with van der Waals surface area (Å²) in [5.74, 6) is 0.364. The molecule has 1 aliphatic heterocycles. The van der Waals surface area contributed by atoms with Gasteiger partial charge in [0.1, 0.15) is 0 Å². The van der Waals surface area contributed by atoms with Crippen LogP contribution in [-0.4, -0.2) is 78.9 Å². The number of piperazine rings is 1. The van der Waals surface area contributed by atoms with Gasteiger partial charge < -0.3 is 15.5 Å². The largest absolute Gasteiger partial charge is 0.342 e. The monoisotopic (exact) mass is 356 g/mol. The lowest BCUT2D eigenvalue weighted by Gasteiger charge is -2.35. The first-order valence-corrected chi connectivity index (χ1v) is 7.60. The van der Waals surface area contributed by atoms with E-state index in [1.54, 1.807) is 0 Å². The number of carbonyl (C=O) groups excluding carboxylic acids is 2. The van der Waals surface area contributed by atoms with Crippen molar-refractivity contribution in [1.82, 2.24) is 14.7 Å². The molecule has 0 spiro atoms. The lowest BCUT2D eigenvalue weighted by Crippen LogP contribution is -2.51. The molecule has 132 valence electrons. The molecule has 1 fully saturated rings. The van der Waals surface area contributed by atoms with Gasteiger partial charge in [0.15, 0.2) is 0 Å². The number of halogens is 2. The molecule has 0 saturated carbocycles. The Morgan fingerprint density at radius 2 is 1.59 bits per heavy atom. The van der Waals surface area contributed by atoms with Crippen LogP contribution in [0.25, 0.3) is 0 Å². The molecule has 2 N–H and O–H groups in total. The number of carbonyl (C=O) groups is 2. The first kappa shape index (κ1) is 23.7. The average molecular weight is 357 g/mol. The molecule has 1 heterocycles. The van der Waals surface area contributed by atoms with Crippen LogP contribution in [0.5, 0.6) is 0 Å². The van der Waals surface area contributed by atoms with Gasteiger partial charge >= 0.3 is 0 Å². The number of amides is 2. The van der Waals surface area contributed by atoms with Gasteiger partial charge in [-0.1, -0.05) is 0 Å². The molecular formula is C14H30Cl2N4O2. The van der Waals surface area contributed by atoms with E-state index in [0.29, 0.717) is 19.5 Å². The van der Waals surface area contributed by atoms with Gasteiger partial charge in [-0.15, -0.1) is 24.8 Å². The summed E-state index contributed by atoms with van der Waals surface area (Å²) in [6, 6.07) is 0. The Hall–Kier alpha value is -0.560. The summed E-state index contributed by atoms with van der Waals surface area (Å²) >= 11 is 0. The van der Waals surface area contributed by atoms with Crippen LogP contribution in [0.2, 0.25) is 0 Å². The summed E-state index contributed by atoms with van der Waals surface area (Å²) in [7, 11) is 0. The molecule has 0 aliphatic carbocycles. The molecule has 0 atom stereocenters. The van der Waals surface area contributed by atoms with Gasteiger partial charge in [0, 0.05) is 45.7 Å². The molecule has 0 bridgehead atoms. The predicted molar refractivity (Wildman–Crippen MR) is 93.7 cm³/mol. The van der Waals surface area contributed by atoms with Gasteiger partial charge in [0.2, 0.25) is 11.8 Å². The van der Waals surface area contributed by atoms with Gasteiger partial charge in [0.05, 0.1) is 6.54 Å². The van der Waals surface area contributed by atoms with Crippen LogP contribution >= 0.6 is 24.8 Å². The van der Waals surface area contributed by atoms with Crippen LogP contribution in [0.4, 0.5) is 0 Å². The number of nitrogens with two attached hydrogens (primary N) is 1. The number of likely N-dealkylation sites (N-methyl/N-ethyl adjacent to an activating group) is 1. The van der Waals surface area contributed by atoms with Crippen molar-refractivity contribution >= 4 is 36.6 Å². The fraction of sp³-hybridized carbons (Fsp3) is 0.857. The van der Waals surface area contributed by atoms with Crippen LogP contribution < -0.4 is 5.73 Å². The van der Waals surface area contributed by atoms with Crippen molar-refractivity contribution in [3.05, 3.63) is 0 Å². The molecule has 1 rings (SSSR count). The molecule has 8 heteroatoms. The summed E-state index contributed by atoms with van der Waals surface area (Å²) in [6.45, 7) is 9.52. The Morgan fingerprint density at radius 3 is 2.05 bits per heavy atom. The normalized spacial score (nSPS) is 14.8. The molecule has 0 radical (unpaired) electrons. The van der Waals surface area contributed by atoms with Crippen molar-refractivity contribution in [2.75, 3.05) is 52.4 Å². The standard InChI is InChI=1S/C14H28N4O2.2ClH/c1-3-17(4-2)14(20)12-16-8-10-18(11-9-16)13(19)6-5-7-15;;/h3-12,15H2,1-2H3;2*1H. The molecule has 0 aromatic rings. The summed E-state index contributed by atoms with van der Waals surface area (Å²) in [4.78, 5) is 29.7. The van der Waals surface area contributed by atoms with Crippen LogP contribution in [0, 0.1) is 0 Å². The number of nitrogens with zero attached hydrogens (tertiary/aromatic N) is 3. The molecule has 2 amide bonds. The lowest BCUT2D eigenvalue weighted by atomic mass is 10.2. The fourth-order valence-electron chi connectivity index (χ4n) is 2.43. The summed E-state index contributed by atoms with van der Waals surface area (Å²) in [5, 5.41) is 0. The maximum absolute atomic E-state index is 12.0. The Bertz CT molecular complexity index is 320. The van der Waals surface area contributed by atoms with Crippen LogP contribution in [0.15, 0.2) is 0 Å². The van der Waals surface area contributed by atoms with Crippen molar-refractivity contribution < 1.29 is 9.59 Å². The third kappa shape index (κ3) is 7.63. The Labute approximate surface area is 146 Å². The van der Waals surface area contributed by atoms with E-state index in [-0.39, 0.29) is 36.6 Å². The van der Waals surface area contributed by atoms with E-state index in [1.807, 2.05) is 23.6 Å². The second kappa shape index (κ2) is 12.9. The van der Waals surface area contributed by atoms with Gasteiger partial charge in [0.25, 0.3) is 0 Å². The number of hydrogen-bond acceptors (Lipinski definition) is 4. The van der Waals surface area contributed by atoms with Gasteiger partial charge in [-0.3, -0.25) is 14.5 Å². The van der Waals surface area contributed by atoms with Crippen LogP contribution in [-0.2, 0) is 9.59 Å². The minimum atomic E-state index is 0. The highest BCUT2D eigenvalue weighted by Crippen LogP contribution is 2.05. The predicted octanol–water partition coefficient (Wildman–Crippen LogP) is 0.582. The van der Waals surface area contributed by atoms with E-state index >= 15 is 0 Å². The highest BCUT2D eigenvalue weighted by Gasteiger charge is 2.23. The van der Waals surface area contributed by atoms with E-state index in [4.69, 9.17) is 5.73 Å². The zero-order valence-corrected chi connectivity index (χ0v) is 15.3. The van der Waals surface area contributed by atoms with E-state index in [0.717, 1.165) is 45.7 Å². The maximum Gasteiger partial charge on any atom is 0.236 e. The molecule has 1 saturated heterocycles. The first-order chi connectivity index (χ1) is 9.62. The van der Waals surface area contributed by atoms with Crippen LogP contribution in [0.3, 0.4) is 0 Å². The highest BCUT2D eigenvalue weighted by molar-refractivity contribution is 5.85. The van der Waals surface area contributed by atoms with Crippen molar-refractivity contribution in [3.8, 4) is 0 Å². The van der Waals surface area contributed by atoms with Gasteiger partial charge in [-0.2, -0.15) is 0 Å². The molecule has 0 aromatic carbocycles. The van der Waals surface area contributed by atoms with Gasteiger partial charge in [-0.05, 0) is 26.8 Å². The Balaban J connectivity index is 0. The highest BCUT2D eigenvalue weighted by atomic mass is 35.5. The zero-order valence-electron chi connectivity index (χ0n) is 13.6. The van der Waals surface area contributed by atoms with Crippen molar-refractivity contribution in [3.63, 3.8) is 0 Å². The minimum absolute atomic E-state index is 0. The third-order valence-corrected chi connectivity index (χ3v) is 3.79. The average Bonchev–Trinajstić information content (AvgIpc) is 2.46. The second-order valence-corrected chi connectivity index (χ2v) is 5.12. The smallest absolute Gasteiger partial charge is 0.236 e. The van der Waals surface area contributed by atoms with Gasteiger partial charge in [-0.25, -0.2) is 0 Å². The fourth-order valence-corrected chi connectivity index (χ4v) is 2.43. The number of rotatable bonds is 7. The van der Waals surface area contributed by atoms with E-state index < -0.39 is 0 Å². The van der Waals surface area contributed by atoms with Crippen molar-refractivity contribution in [1.29, 1.82) is 0 Å². The summed E-state index contributed by atoms with van der Waals surface area (Å²) in [5.41, 5.74) is 5.42. The third-order valence-electron chi connectivity index (χ3n) is 3.79. The molecular weight excluding hydrogens is 327 g/mol. The molecule has 0 aromatic heterocycles. The zero-order chi connectivity index (χ0) is 15.0. The number of hydrogen-bond donors (Lipinski definition) is 1. The van der Waals surface area contributed by atoms with Crippen LogP contribution in [0.1, 0.15) is 26.7 Å². The van der Waals surface area contributed by atoms with E-state index in [1.165, 1.54) is 0 Å². The first-order valence-electron chi connectivity index (χ1n) is 7.60. The summed E-state index contributed by atoms with van der Waals surface area (Å²) < 4.78 is 0. The molecule has 6 nitrogen and oxygen atoms in total. The molecule has 0 unspecified atom stereocenters. The van der Waals surface area contributed by atoms with Crippen molar-refractivity contribution in [2.45, 2.75) is 26.7 Å². The lowest BCUT2D eigenvalue weighted by molar-refractivity contribution is -0.135. The van der Waals surface area contributed by atoms with Crippen molar-refractivity contribution in [2.24, 2.45) is 5.73 Å². The quantitative estimate of drug-likeness (QED) is 0.724. The Kier molecular flexibility index (Phi) is 13.9. The summed E-state index contributed by atoms with van der Waals surface area (Å²) in [6.07, 6.45) is 1.29. The minimum Gasteiger partial charge on any atom is -0.342 e. The SMILES string of the molecule is CCN(CC)C(=O)CN1CCN(C(=O)CCCN)CC1.Cl.Cl.